The van der Waals surface area contributed by atoms with Crippen LogP contribution in [0.1, 0.15) is 27.8 Å². The maximum absolute atomic E-state index is 13.9. The Hall–Kier alpha value is -7.85. The van der Waals surface area contributed by atoms with Crippen molar-refractivity contribution in [2.24, 2.45) is 0 Å². The normalized spacial score (nSPS) is 12.4. The Morgan fingerprint density at radius 2 is 0.969 bits per heavy atom. The van der Waals surface area contributed by atoms with Crippen LogP contribution in [0.4, 0.5) is 39.5 Å². The number of hydrogen-bond donors (Lipinski definition) is 0. The van der Waals surface area contributed by atoms with Crippen LogP contribution in [-0.4, -0.2) is 14.1 Å². The van der Waals surface area contributed by atoms with E-state index in [-0.39, 0.29) is 17.2 Å². The molecule has 0 atom stereocenters. The third-order valence-corrected chi connectivity index (χ3v) is 11.7. The van der Waals surface area contributed by atoms with Crippen LogP contribution >= 0.6 is 0 Å². The van der Waals surface area contributed by atoms with Crippen molar-refractivity contribution >= 4 is 43.6 Å². The highest BCUT2D eigenvalue weighted by Crippen LogP contribution is 2.43. The van der Waals surface area contributed by atoms with Gasteiger partial charge in [-0.25, -0.2) is 0 Å². The number of halogens is 9. The van der Waals surface area contributed by atoms with Gasteiger partial charge in [0.15, 0.2) is 0 Å². The Balaban J connectivity index is 1.14. The number of aromatic nitrogens is 3. The summed E-state index contributed by atoms with van der Waals surface area (Å²) in [5.41, 5.74) is 3.35. The van der Waals surface area contributed by atoms with Crippen molar-refractivity contribution in [2.45, 2.75) is 25.5 Å². The number of rotatable bonds is 5. The molecule has 3 aromatic heterocycles. The first-order chi connectivity index (χ1) is 31.0. The van der Waals surface area contributed by atoms with Gasteiger partial charge in [0.1, 0.15) is 0 Å². The molecule has 320 valence electrons. The molecule has 0 aliphatic heterocycles. The summed E-state index contributed by atoms with van der Waals surface area (Å²) in [5.74, 6) is 0. The van der Waals surface area contributed by atoms with Gasteiger partial charge in [0.05, 0.1) is 56.1 Å². The Labute approximate surface area is 363 Å². The lowest BCUT2D eigenvalue weighted by Gasteiger charge is -2.16. The summed E-state index contributed by atoms with van der Waals surface area (Å²) in [6.45, 7) is 1.62. The maximum Gasteiger partial charge on any atom is 0.416 e. The average Bonchev–Trinajstić information content (AvgIpc) is 3.79. The largest absolute Gasteiger partial charge is 0.416 e. The SMILES string of the molecule is Cc1cc(-c2ccc3c(c2)c2ccccc2n3-c2ccncc2-c2cc(-n3c4ccccc4c4cc(-c5cc(C(F)(F)F)cc(C(F)(F)F)c5)ccc43)ccc2C#N)cc(C(F)(F)F)c1. The molecule has 10 aromatic rings. The molecule has 0 N–H and O–H groups in total. The monoisotopic (exact) mass is 880 g/mol. The molecule has 7 aromatic carbocycles. The minimum atomic E-state index is -5.02. The standard InChI is InChI=1S/C52H29F9N4/c1-29-18-33(20-35(19-29)50(53,54)55)30-12-15-48-43(23-30)40-7-3-5-9-46(40)65(48)49-16-17-63-28-44(49)41-26-38(13-10-32(41)27-62)64-45-8-4-2-6-39(45)42-24-31(11-14-47(42)64)34-21-36(51(56,57)58)25-37(22-34)52(59,60)61/h2-26,28H,1H3. The van der Waals surface area contributed by atoms with Gasteiger partial charge in [-0.1, -0.05) is 54.6 Å². The van der Waals surface area contributed by atoms with E-state index in [4.69, 9.17) is 0 Å². The van der Waals surface area contributed by atoms with Crippen LogP contribution in [0.15, 0.2) is 158 Å². The van der Waals surface area contributed by atoms with E-state index in [1.165, 1.54) is 6.07 Å². The fourth-order valence-corrected chi connectivity index (χ4v) is 8.86. The van der Waals surface area contributed by atoms with Crippen LogP contribution in [0, 0.1) is 18.3 Å². The van der Waals surface area contributed by atoms with E-state index in [1.807, 2.05) is 75.9 Å². The van der Waals surface area contributed by atoms with Gasteiger partial charge < -0.3 is 9.13 Å². The minimum absolute atomic E-state index is 0.104. The fraction of sp³-hybridized carbons (Fsp3) is 0.0769. The number of pyridine rings is 1. The molecule has 3 heterocycles. The Morgan fingerprint density at radius 1 is 0.462 bits per heavy atom. The molecule has 0 unspecified atom stereocenters. The number of nitrogens with zero attached hydrogens (tertiary/aromatic N) is 4. The molecule has 0 radical (unpaired) electrons. The molecule has 0 aliphatic rings. The first-order valence-corrected chi connectivity index (χ1v) is 20.0. The molecule has 4 nitrogen and oxygen atoms in total. The second-order valence-electron chi connectivity index (χ2n) is 15.8. The molecule has 0 saturated carbocycles. The Morgan fingerprint density at radius 3 is 1.54 bits per heavy atom. The van der Waals surface area contributed by atoms with Crippen molar-refractivity contribution in [3.05, 3.63) is 186 Å². The van der Waals surface area contributed by atoms with Crippen molar-refractivity contribution in [3.63, 3.8) is 0 Å². The van der Waals surface area contributed by atoms with Crippen molar-refractivity contribution in [2.75, 3.05) is 0 Å². The topological polar surface area (TPSA) is 46.5 Å². The Bertz CT molecular complexity index is 3570. The molecule has 13 heteroatoms. The number of nitriles is 1. The number of para-hydroxylation sites is 2. The molecule has 10 rings (SSSR count). The highest BCUT2D eigenvalue weighted by atomic mass is 19.4. The molecule has 0 spiro atoms. The van der Waals surface area contributed by atoms with Gasteiger partial charge in [0, 0.05) is 50.8 Å². The van der Waals surface area contributed by atoms with E-state index in [0.29, 0.717) is 78.7 Å². The van der Waals surface area contributed by atoms with Crippen LogP contribution in [0.2, 0.25) is 0 Å². The summed E-state index contributed by atoms with van der Waals surface area (Å²) in [7, 11) is 0. The van der Waals surface area contributed by atoms with Crippen molar-refractivity contribution in [3.8, 4) is 50.8 Å². The predicted octanol–water partition coefficient (Wildman–Crippen LogP) is 15.5. The highest BCUT2D eigenvalue weighted by Gasteiger charge is 2.37. The predicted molar refractivity (Wildman–Crippen MR) is 234 cm³/mol. The lowest BCUT2D eigenvalue weighted by atomic mass is 9.97. The highest BCUT2D eigenvalue weighted by molar-refractivity contribution is 6.12. The smallest absolute Gasteiger partial charge is 0.309 e. The van der Waals surface area contributed by atoms with E-state index < -0.39 is 35.2 Å². The summed E-state index contributed by atoms with van der Waals surface area (Å²) in [5, 5.41) is 13.4. The van der Waals surface area contributed by atoms with Gasteiger partial charge in [0.2, 0.25) is 0 Å². The third-order valence-electron chi connectivity index (χ3n) is 11.7. The molecular formula is C52H29F9N4. The summed E-state index contributed by atoms with van der Waals surface area (Å²) in [4.78, 5) is 4.47. The summed E-state index contributed by atoms with van der Waals surface area (Å²) < 4.78 is 129. The van der Waals surface area contributed by atoms with Gasteiger partial charge in [0.25, 0.3) is 0 Å². The number of benzene rings is 7. The van der Waals surface area contributed by atoms with Gasteiger partial charge >= 0.3 is 18.5 Å². The van der Waals surface area contributed by atoms with Gasteiger partial charge in [-0.3, -0.25) is 4.98 Å². The number of hydrogen-bond acceptors (Lipinski definition) is 2. The van der Waals surface area contributed by atoms with Crippen LogP contribution in [-0.2, 0) is 18.5 Å². The molecule has 0 amide bonds. The first kappa shape index (κ1) is 41.2. The lowest BCUT2D eigenvalue weighted by Crippen LogP contribution is -2.11. The van der Waals surface area contributed by atoms with Gasteiger partial charge in [-0.2, -0.15) is 44.8 Å². The number of fused-ring (bicyclic) bond motifs is 6. The van der Waals surface area contributed by atoms with E-state index >= 15 is 0 Å². The second-order valence-corrected chi connectivity index (χ2v) is 15.8. The molecule has 0 aliphatic carbocycles. The van der Waals surface area contributed by atoms with Crippen molar-refractivity contribution in [1.29, 1.82) is 5.26 Å². The summed E-state index contributed by atoms with van der Waals surface area (Å²) in [6.07, 6.45) is -11.3. The fourth-order valence-electron chi connectivity index (χ4n) is 8.86. The van der Waals surface area contributed by atoms with Gasteiger partial charge in [-0.05, 0) is 126 Å². The van der Waals surface area contributed by atoms with Crippen LogP contribution < -0.4 is 0 Å². The molecule has 65 heavy (non-hydrogen) atoms. The first-order valence-electron chi connectivity index (χ1n) is 20.0. The third kappa shape index (κ3) is 7.11. The summed E-state index contributed by atoms with van der Waals surface area (Å²) in [6, 6.07) is 40.0. The van der Waals surface area contributed by atoms with Crippen LogP contribution in [0.5, 0.6) is 0 Å². The van der Waals surface area contributed by atoms with Gasteiger partial charge in [-0.15, -0.1) is 0 Å². The zero-order valence-electron chi connectivity index (χ0n) is 33.7. The summed E-state index contributed by atoms with van der Waals surface area (Å²) >= 11 is 0. The van der Waals surface area contributed by atoms with Crippen molar-refractivity contribution < 1.29 is 39.5 Å². The second kappa shape index (κ2) is 14.9. The van der Waals surface area contributed by atoms with E-state index in [2.05, 4.69) is 11.1 Å². The number of alkyl halides is 9. The zero-order valence-corrected chi connectivity index (χ0v) is 33.7. The van der Waals surface area contributed by atoms with E-state index in [0.717, 1.165) is 33.9 Å². The molecule has 0 fully saturated rings. The van der Waals surface area contributed by atoms with Crippen LogP contribution in [0.25, 0.3) is 88.4 Å². The Kier molecular flexibility index (Phi) is 9.42. The number of aryl methyl sites for hydroxylation is 1. The minimum Gasteiger partial charge on any atom is -0.309 e. The molecule has 0 saturated heterocycles. The average molecular weight is 881 g/mol. The zero-order chi connectivity index (χ0) is 45.6. The quantitative estimate of drug-likeness (QED) is 0.162. The van der Waals surface area contributed by atoms with Crippen LogP contribution in [0.3, 0.4) is 0 Å². The maximum atomic E-state index is 13.9. The lowest BCUT2D eigenvalue weighted by molar-refractivity contribution is -0.143. The molecule has 0 bridgehead atoms. The van der Waals surface area contributed by atoms with E-state index in [9.17, 15) is 44.8 Å². The van der Waals surface area contributed by atoms with E-state index in [1.54, 1.807) is 61.8 Å². The van der Waals surface area contributed by atoms with Crippen molar-refractivity contribution in [1.82, 2.24) is 14.1 Å². The molecular weight excluding hydrogens is 852 g/mol.